The third-order valence-corrected chi connectivity index (χ3v) is 4.99. The molecule has 1 aromatic heterocycles. The van der Waals surface area contributed by atoms with Gasteiger partial charge in [0.2, 0.25) is 0 Å². The number of halogens is 1. The standard InChI is InChI=1S/C22H27FN4OS/c1-16(2)13-26-21(18-7-11-20(28-4)12-8-18)24-27(22(26)29)15-25(3)14-17-5-9-19(23)10-6-17/h5-12,16H,13-15H2,1-4H3. The lowest BCUT2D eigenvalue weighted by atomic mass is 10.2. The van der Waals surface area contributed by atoms with Crippen LogP contribution in [0, 0.1) is 16.5 Å². The van der Waals surface area contributed by atoms with Gasteiger partial charge < -0.3 is 4.74 Å². The zero-order valence-electron chi connectivity index (χ0n) is 17.3. The molecule has 0 unspecified atom stereocenters. The summed E-state index contributed by atoms with van der Waals surface area (Å²) in [4.78, 5) is 2.10. The Balaban J connectivity index is 1.87. The fourth-order valence-corrected chi connectivity index (χ4v) is 3.46. The van der Waals surface area contributed by atoms with Gasteiger partial charge in [0.1, 0.15) is 11.6 Å². The van der Waals surface area contributed by atoms with Crippen LogP contribution in [0.1, 0.15) is 19.4 Å². The van der Waals surface area contributed by atoms with E-state index in [0.29, 0.717) is 23.9 Å². The molecule has 0 fully saturated rings. The molecule has 29 heavy (non-hydrogen) atoms. The topological polar surface area (TPSA) is 35.2 Å². The smallest absolute Gasteiger partial charge is 0.199 e. The number of benzene rings is 2. The van der Waals surface area contributed by atoms with Crippen LogP contribution in [-0.2, 0) is 19.8 Å². The second-order valence-electron chi connectivity index (χ2n) is 7.62. The van der Waals surface area contributed by atoms with Crippen LogP contribution in [0.15, 0.2) is 48.5 Å². The van der Waals surface area contributed by atoms with Gasteiger partial charge in [0.05, 0.1) is 13.8 Å². The number of ether oxygens (including phenoxy) is 1. The van der Waals surface area contributed by atoms with E-state index in [1.165, 1.54) is 12.1 Å². The molecule has 0 bridgehead atoms. The van der Waals surface area contributed by atoms with Gasteiger partial charge in [-0.25, -0.2) is 9.07 Å². The van der Waals surface area contributed by atoms with Crippen LogP contribution in [0.2, 0.25) is 0 Å². The summed E-state index contributed by atoms with van der Waals surface area (Å²) >= 11 is 5.74. The molecule has 0 aliphatic heterocycles. The predicted octanol–water partition coefficient (Wildman–Crippen LogP) is 4.97. The molecule has 0 atom stereocenters. The molecule has 0 N–H and O–H groups in total. The lowest BCUT2D eigenvalue weighted by molar-refractivity contribution is 0.243. The first kappa shape index (κ1) is 21.2. The molecule has 7 heteroatoms. The van der Waals surface area contributed by atoms with Gasteiger partial charge in [0.25, 0.3) is 0 Å². The van der Waals surface area contributed by atoms with Crippen LogP contribution >= 0.6 is 12.2 Å². The highest BCUT2D eigenvalue weighted by atomic mass is 32.1. The molecule has 0 saturated heterocycles. The van der Waals surface area contributed by atoms with Crippen molar-refractivity contribution in [1.82, 2.24) is 19.2 Å². The highest BCUT2D eigenvalue weighted by molar-refractivity contribution is 7.71. The minimum Gasteiger partial charge on any atom is -0.497 e. The van der Waals surface area contributed by atoms with Gasteiger partial charge in [0.15, 0.2) is 10.6 Å². The molecule has 5 nitrogen and oxygen atoms in total. The molecule has 0 spiro atoms. The zero-order chi connectivity index (χ0) is 21.0. The predicted molar refractivity (Wildman–Crippen MR) is 116 cm³/mol. The van der Waals surface area contributed by atoms with Gasteiger partial charge >= 0.3 is 0 Å². The van der Waals surface area contributed by atoms with Crippen molar-refractivity contribution in [2.45, 2.75) is 33.6 Å². The molecule has 3 rings (SSSR count). The van der Waals surface area contributed by atoms with E-state index in [0.717, 1.165) is 29.2 Å². The van der Waals surface area contributed by atoms with E-state index in [1.54, 1.807) is 19.2 Å². The Morgan fingerprint density at radius 3 is 2.34 bits per heavy atom. The third-order valence-electron chi connectivity index (χ3n) is 4.56. The Hall–Kier alpha value is -2.51. The first-order valence-electron chi connectivity index (χ1n) is 9.62. The summed E-state index contributed by atoms with van der Waals surface area (Å²) in [6, 6.07) is 14.4. The average molecular weight is 415 g/mol. The van der Waals surface area contributed by atoms with E-state index in [2.05, 4.69) is 23.3 Å². The van der Waals surface area contributed by atoms with Crippen molar-refractivity contribution in [3.63, 3.8) is 0 Å². The van der Waals surface area contributed by atoms with Gasteiger partial charge in [-0.05, 0) is 67.1 Å². The molecule has 0 radical (unpaired) electrons. The molecule has 0 aliphatic rings. The van der Waals surface area contributed by atoms with Gasteiger partial charge in [-0.3, -0.25) is 9.47 Å². The van der Waals surface area contributed by atoms with Gasteiger partial charge in [-0.2, -0.15) is 5.10 Å². The van der Waals surface area contributed by atoms with Crippen molar-refractivity contribution in [1.29, 1.82) is 0 Å². The van der Waals surface area contributed by atoms with Crippen molar-refractivity contribution in [3.8, 4) is 17.1 Å². The zero-order valence-corrected chi connectivity index (χ0v) is 18.1. The maximum atomic E-state index is 13.1. The average Bonchev–Trinajstić information content (AvgIpc) is 2.99. The molecule has 1 heterocycles. The largest absolute Gasteiger partial charge is 0.497 e. The number of hydrogen-bond donors (Lipinski definition) is 0. The summed E-state index contributed by atoms with van der Waals surface area (Å²) in [6.45, 7) is 6.35. The van der Waals surface area contributed by atoms with Crippen molar-refractivity contribution < 1.29 is 9.13 Å². The molecule has 0 aliphatic carbocycles. The monoisotopic (exact) mass is 414 g/mol. The molecular weight excluding hydrogens is 387 g/mol. The summed E-state index contributed by atoms with van der Waals surface area (Å²) in [6.07, 6.45) is 0. The van der Waals surface area contributed by atoms with E-state index < -0.39 is 0 Å². The highest BCUT2D eigenvalue weighted by Gasteiger charge is 2.15. The van der Waals surface area contributed by atoms with Gasteiger partial charge in [0, 0.05) is 18.7 Å². The lowest BCUT2D eigenvalue weighted by Crippen LogP contribution is -2.22. The maximum absolute atomic E-state index is 13.1. The normalized spacial score (nSPS) is 11.4. The van der Waals surface area contributed by atoms with Gasteiger partial charge in [-0.15, -0.1) is 0 Å². The number of methoxy groups -OCH3 is 1. The number of aromatic nitrogens is 3. The van der Waals surface area contributed by atoms with Crippen molar-refractivity contribution in [3.05, 3.63) is 64.7 Å². The lowest BCUT2D eigenvalue weighted by Gasteiger charge is -2.16. The Bertz CT molecular complexity index is 993. The second kappa shape index (κ2) is 9.33. The molecular formula is C22H27FN4OS. The first-order valence-corrected chi connectivity index (χ1v) is 10.0. The third kappa shape index (κ3) is 5.31. The molecule has 2 aromatic carbocycles. The number of rotatable bonds is 8. The van der Waals surface area contributed by atoms with Crippen LogP contribution in [0.25, 0.3) is 11.4 Å². The first-order chi connectivity index (χ1) is 13.9. The van der Waals surface area contributed by atoms with Crippen LogP contribution < -0.4 is 4.74 Å². The summed E-state index contributed by atoms with van der Waals surface area (Å²) in [5.74, 6) is 1.87. The Morgan fingerprint density at radius 2 is 1.76 bits per heavy atom. The van der Waals surface area contributed by atoms with Crippen molar-refractivity contribution in [2.24, 2.45) is 5.92 Å². The summed E-state index contributed by atoms with van der Waals surface area (Å²) in [7, 11) is 3.65. The summed E-state index contributed by atoms with van der Waals surface area (Å²) < 4.78 is 23.0. The van der Waals surface area contributed by atoms with E-state index in [9.17, 15) is 4.39 Å². The Labute approximate surface area is 176 Å². The summed E-state index contributed by atoms with van der Waals surface area (Å²) in [5.41, 5.74) is 2.04. The number of hydrogen-bond acceptors (Lipinski definition) is 4. The summed E-state index contributed by atoms with van der Waals surface area (Å²) in [5, 5.41) is 4.82. The fourth-order valence-electron chi connectivity index (χ4n) is 3.20. The SMILES string of the molecule is COc1ccc(-c2nn(CN(C)Cc3ccc(F)cc3)c(=S)n2CC(C)C)cc1. The van der Waals surface area contributed by atoms with Gasteiger partial charge in [-0.1, -0.05) is 26.0 Å². The van der Waals surface area contributed by atoms with E-state index in [4.69, 9.17) is 22.1 Å². The molecule has 0 amide bonds. The minimum absolute atomic E-state index is 0.227. The van der Waals surface area contributed by atoms with E-state index in [-0.39, 0.29) is 5.82 Å². The second-order valence-corrected chi connectivity index (χ2v) is 7.99. The van der Waals surface area contributed by atoms with Crippen LogP contribution in [0.3, 0.4) is 0 Å². The van der Waals surface area contributed by atoms with Crippen LogP contribution in [-0.4, -0.2) is 33.4 Å². The van der Waals surface area contributed by atoms with Crippen molar-refractivity contribution in [2.75, 3.05) is 14.2 Å². The quantitative estimate of drug-likeness (QED) is 0.487. The van der Waals surface area contributed by atoms with E-state index >= 15 is 0 Å². The fraction of sp³-hybridized carbons (Fsp3) is 0.364. The Kier molecular flexibility index (Phi) is 6.82. The minimum atomic E-state index is -0.227. The van der Waals surface area contributed by atoms with Crippen LogP contribution in [0.4, 0.5) is 4.39 Å². The number of nitrogens with zero attached hydrogens (tertiary/aromatic N) is 4. The molecule has 3 aromatic rings. The highest BCUT2D eigenvalue weighted by Crippen LogP contribution is 2.23. The molecule has 0 saturated carbocycles. The van der Waals surface area contributed by atoms with Crippen molar-refractivity contribution >= 4 is 12.2 Å². The maximum Gasteiger partial charge on any atom is 0.199 e. The Morgan fingerprint density at radius 1 is 1.10 bits per heavy atom. The van der Waals surface area contributed by atoms with E-state index in [1.807, 2.05) is 36.0 Å². The van der Waals surface area contributed by atoms with Crippen LogP contribution in [0.5, 0.6) is 5.75 Å². The molecule has 154 valence electrons.